The van der Waals surface area contributed by atoms with Gasteiger partial charge in [-0.05, 0) is 34.7 Å². The lowest BCUT2D eigenvalue weighted by Gasteiger charge is -2.09. The van der Waals surface area contributed by atoms with Crippen LogP contribution in [0.3, 0.4) is 0 Å². The first-order valence-electron chi connectivity index (χ1n) is 6.80. The maximum atomic E-state index is 12.9. The van der Waals surface area contributed by atoms with E-state index in [2.05, 4.69) is 26.3 Å². The van der Waals surface area contributed by atoms with Gasteiger partial charge in [-0.1, -0.05) is 13.8 Å². The molecule has 2 rings (SSSR count). The number of aromatic nitrogens is 2. The van der Waals surface area contributed by atoms with E-state index in [4.69, 9.17) is 0 Å². The van der Waals surface area contributed by atoms with Crippen LogP contribution in [0, 0.1) is 5.92 Å². The summed E-state index contributed by atoms with van der Waals surface area (Å²) in [5.74, 6) is 0.0159. The largest absolute Gasteiger partial charge is 0.436 e. The Labute approximate surface area is 129 Å². The van der Waals surface area contributed by atoms with Crippen LogP contribution in [0.4, 0.5) is 13.2 Å². The molecule has 21 heavy (non-hydrogen) atoms. The van der Waals surface area contributed by atoms with Gasteiger partial charge in [0.15, 0.2) is 5.69 Å². The average Bonchev–Trinajstić information content (AvgIpc) is 3.11. The number of nitrogens with zero attached hydrogens (tertiary/aromatic N) is 2. The molecule has 0 unspecified atom stereocenters. The number of rotatable bonds is 5. The molecule has 0 bridgehead atoms. The lowest BCUT2D eigenvalue weighted by molar-refractivity contribution is -0.142. The summed E-state index contributed by atoms with van der Waals surface area (Å²) in [5.41, 5.74) is -0.483. The molecule has 1 aliphatic carbocycles. The second kappa shape index (κ2) is 5.98. The van der Waals surface area contributed by atoms with E-state index < -0.39 is 11.9 Å². The van der Waals surface area contributed by atoms with Crippen LogP contribution in [-0.4, -0.2) is 22.2 Å². The molecule has 1 aliphatic rings. The highest BCUT2D eigenvalue weighted by Crippen LogP contribution is 2.46. The molecule has 0 aromatic carbocycles. The topological polar surface area (TPSA) is 46.9 Å². The van der Waals surface area contributed by atoms with Gasteiger partial charge in [0.05, 0.1) is 10.2 Å². The Morgan fingerprint density at radius 1 is 1.48 bits per heavy atom. The molecule has 0 radical (unpaired) electrons. The van der Waals surface area contributed by atoms with Crippen molar-refractivity contribution in [2.75, 3.05) is 6.54 Å². The second-order valence-electron chi connectivity index (χ2n) is 5.68. The van der Waals surface area contributed by atoms with E-state index in [0.717, 1.165) is 12.8 Å². The number of carbonyl (C=O) groups excluding carboxylic acids is 1. The summed E-state index contributed by atoms with van der Waals surface area (Å²) in [7, 11) is 0. The van der Waals surface area contributed by atoms with E-state index in [-0.39, 0.29) is 28.8 Å². The fourth-order valence-electron chi connectivity index (χ4n) is 2.01. The SMILES string of the molecule is CC(C)CNC(=O)Cn1nc(C(F)(F)F)c(Br)c1C1CC1. The molecule has 8 heteroatoms. The predicted octanol–water partition coefficient (Wildman–Crippen LogP) is 3.31. The molecule has 1 fully saturated rings. The zero-order chi connectivity index (χ0) is 15.8. The zero-order valence-electron chi connectivity index (χ0n) is 11.8. The van der Waals surface area contributed by atoms with Crippen molar-refractivity contribution in [1.82, 2.24) is 15.1 Å². The third-order valence-electron chi connectivity index (χ3n) is 3.16. The molecule has 0 atom stereocenters. The van der Waals surface area contributed by atoms with Crippen molar-refractivity contribution in [2.45, 2.75) is 45.3 Å². The molecule has 1 saturated carbocycles. The Morgan fingerprint density at radius 2 is 2.10 bits per heavy atom. The molecular formula is C13H17BrF3N3O. The molecule has 1 N–H and O–H groups in total. The van der Waals surface area contributed by atoms with Gasteiger partial charge in [-0.2, -0.15) is 18.3 Å². The van der Waals surface area contributed by atoms with Gasteiger partial charge in [0.1, 0.15) is 6.54 Å². The predicted molar refractivity (Wildman–Crippen MR) is 74.8 cm³/mol. The molecule has 1 aromatic heterocycles. The first-order chi connectivity index (χ1) is 9.70. The number of nitrogens with one attached hydrogen (secondary N) is 1. The monoisotopic (exact) mass is 367 g/mol. The molecule has 4 nitrogen and oxygen atoms in total. The highest BCUT2D eigenvalue weighted by Gasteiger charge is 2.41. The van der Waals surface area contributed by atoms with E-state index in [9.17, 15) is 18.0 Å². The van der Waals surface area contributed by atoms with Crippen molar-refractivity contribution in [3.8, 4) is 0 Å². The number of alkyl halides is 3. The van der Waals surface area contributed by atoms with Crippen molar-refractivity contribution in [1.29, 1.82) is 0 Å². The summed E-state index contributed by atoms with van der Waals surface area (Å²) in [6.45, 7) is 4.20. The summed E-state index contributed by atoms with van der Waals surface area (Å²) in [6, 6.07) is 0. The van der Waals surface area contributed by atoms with Crippen LogP contribution in [0.2, 0.25) is 0 Å². The summed E-state index contributed by atoms with van der Waals surface area (Å²) in [4.78, 5) is 11.8. The van der Waals surface area contributed by atoms with Gasteiger partial charge in [0.25, 0.3) is 0 Å². The molecule has 1 heterocycles. The summed E-state index contributed by atoms with van der Waals surface area (Å²) >= 11 is 3.00. The van der Waals surface area contributed by atoms with E-state index in [0.29, 0.717) is 12.2 Å². The third kappa shape index (κ3) is 3.99. The molecule has 0 spiro atoms. The van der Waals surface area contributed by atoms with E-state index in [1.807, 2.05) is 13.8 Å². The van der Waals surface area contributed by atoms with Gasteiger partial charge in [0, 0.05) is 12.5 Å². The highest BCUT2D eigenvalue weighted by atomic mass is 79.9. The maximum absolute atomic E-state index is 12.9. The van der Waals surface area contributed by atoms with Gasteiger partial charge in [0.2, 0.25) is 5.91 Å². The smallest absolute Gasteiger partial charge is 0.354 e. The van der Waals surface area contributed by atoms with Gasteiger partial charge >= 0.3 is 6.18 Å². The Balaban J connectivity index is 2.20. The Kier molecular flexibility index (Phi) is 4.65. The summed E-state index contributed by atoms with van der Waals surface area (Å²) < 4.78 is 39.9. The lowest BCUT2D eigenvalue weighted by Crippen LogP contribution is -2.31. The van der Waals surface area contributed by atoms with Crippen LogP contribution in [0.1, 0.15) is 44.0 Å². The summed E-state index contributed by atoms with van der Waals surface area (Å²) in [6.07, 6.45) is -2.87. The Bertz CT molecular complexity index is 535. The van der Waals surface area contributed by atoms with Crippen LogP contribution in [0.15, 0.2) is 4.47 Å². The minimum atomic E-state index is -4.53. The number of carbonyl (C=O) groups is 1. The number of amides is 1. The van der Waals surface area contributed by atoms with Gasteiger partial charge in [-0.15, -0.1) is 0 Å². The van der Waals surface area contributed by atoms with Crippen molar-refractivity contribution >= 4 is 21.8 Å². The number of hydrogen-bond acceptors (Lipinski definition) is 2. The van der Waals surface area contributed by atoms with Crippen molar-refractivity contribution in [3.63, 3.8) is 0 Å². The molecule has 118 valence electrons. The van der Waals surface area contributed by atoms with Crippen LogP contribution >= 0.6 is 15.9 Å². The van der Waals surface area contributed by atoms with Crippen LogP contribution < -0.4 is 5.32 Å². The zero-order valence-corrected chi connectivity index (χ0v) is 13.4. The first kappa shape index (κ1) is 16.3. The van der Waals surface area contributed by atoms with Crippen LogP contribution in [0.5, 0.6) is 0 Å². The van der Waals surface area contributed by atoms with Gasteiger partial charge < -0.3 is 5.32 Å². The summed E-state index contributed by atoms with van der Waals surface area (Å²) in [5, 5.41) is 6.28. The molecular weight excluding hydrogens is 351 g/mol. The molecule has 1 aromatic rings. The Hall–Kier alpha value is -1.05. The fourth-order valence-corrected chi connectivity index (χ4v) is 2.84. The highest BCUT2D eigenvalue weighted by molar-refractivity contribution is 9.10. The fraction of sp³-hybridized carbons (Fsp3) is 0.692. The average molecular weight is 368 g/mol. The standard InChI is InChI=1S/C13H17BrF3N3O/c1-7(2)5-18-9(21)6-20-11(8-3-4-8)10(14)12(19-20)13(15,16)17/h7-8H,3-6H2,1-2H3,(H,18,21). The van der Waals surface area contributed by atoms with E-state index >= 15 is 0 Å². The minimum absolute atomic E-state index is 0.0332. The van der Waals surface area contributed by atoms with Gasteiger partial charge in [-0.25, -0.2) is 0 Å². The van der Waals surface area contributed by atoms with Crippen LogP contribution in [-0.2, 0) is 17.5 Å². The molecule has 1 amide bonds. The quantitative estimate of drug-likeness (QED) is 0.867. The lowest BCUT2D eigenvalue weighted by atomic mass is 10.2. The van der Waals surface area contributed by atoms with Crippen LogP contribution in [0.25, 0.3) is 0 Å². The van der Waals surface area contributed by atoms with Crippen molar-refractivity contribution in [3.05, 3.63) is 15.9 Å². The normalized spacial score (nSPS) is 15.6. The molecule has 0 saturated heterocycles. The first-order valence-corrected chi connectivity index (χ1v) is 7.59. The van der Waals surface area contributed by atoms with E-state index in [1.165, 1.54) is 4.68 Å². The second-order valence-corrected chi connectivity index (χ2v) is 6.47. The molecule has 0 aliphatic heterocycles. The minimum Gasteiger partial charge on any atom is -0.354 e. The maximum Gasteiger partial charge on any atom is 0.436 e. The van der Waals surface area contributed by atoms with Gasteiger partial charge in [-0.3, -0.25) is 9.48 Å². The Morgan fingerprint density at radius 3 is 2.57 bits per heavy atom. The van der Waals surface area contributed by atoms with E-state index in [1.54, 1.807) is 0 Å². The third-order valence-corrected chi connectivity index (χ3v) is 3.95. The van der Waals surface area contributed by atoms with Crippen molar-refractivity contribution in [2.24, 2.45) is 5.92 Å². The number of halogens is 4. The number of hydrogen-bond donors (Lipinski definition) is 1. The van der Waals surface area contributed by atoms with Crippen molar-refractivity contribution < 1.29 is 18.0 Å².